The summed E-state index contributed by atoms with van der Waals surface area (Å²) in [5.41, 5.74) is 0. The number of aryl methyl sites for hydroxylation is 1. The fraction of sp³-hybridized carbons (Fsp3) is 0.583. The monoisotopic (exact) mass is 222 g/mol. The van der Waals surface area contributed by atoms with Crippen molar-refractivity contribution in [3.63, 3.8) is 0 Å². The zero-order valence-corrected chi connectivity index (χ0v) is 9.82. The zero-order valence-electron chi connectivity index (χ0n) is 9.82. The van der Waals surface area contributed by atoms with Gasteiger partial charge >= 0.3 is 0 Å². The van der Waals surface area contributed by atoms with Gasteiger partial charge in [0.1, 0.15) is 5.76 Å². The summed E-state index contributed by atoms with van der Waals surface area (Å²) >= 11 is 0. The third-order valence-electron chi connectivity index (χ3n) is 3.02. The van der Waals surface area contributed by atoms with Crippen LogP contribution in [0.4, 0.5) is 0 Å². The number of hydrogen-bond donors (Lipinski definition) is 1. The van der Waals surface area contributed by atoms with E-state index in [4.69, 9.17) is 4.42 Å². The first-order chi connectivity index (χ1) is 7.70. The molecule has 1 fully saturated rings. The minimum absolute atomic E-state index is 0.0201. The van der Waals surface area contributed by atoms with Crippen LogP contribution in [0.25, 0.3) is 0 Å². The second kappa shape index (κ2) is 4.70. The molecule has 0 aliphatic carbocycles. The standard InChI is InChI=1S/C12H18N2O2/c1-9-3-4-11(16-9)12(15)14-6-5-10(8-14)7-13-2/h3-4,10,13H,5-8H2,1-2H3. The summed E-state index contributed by atoms with van der Waals surface area (Å²) in [6.45, 7) is 4.50. The molecule has 0 bridgehead atoms. The Morgan fingerprint density at radius 3 is 3.06 bits per heavy atom. The van der Waals surface area contributed by atoms with Crippen LogP contribution in [0, 0.1) is 12.8 Å². The second-order valence-electron chi connectivity index (χ2n) is 4.37. The van der Waals surface area contributed by atoms with Crippen LogP contribution in [0.2, 0.25) is 0 Å². The van der Waals surface area contributed by atoms with Crippen LogP contribution >= 0.6 is 0 Å². The lowest BCUT2D eigenvalue weighted by atomic mass is 10.1. The SMILES string of the molecule is CNCC1CCN(C(=O)c2ccc(C)o2)C1. The molecule has 1 aromatic rings. The van der Waals surface area contributed by atoms with E-state index in [9.17, 15) is 4.79 Å². The quantitative estimate of drug-likeness (QED) is 0.837. The van der Waals surface area contributed by atoms with Crippen LogP contribution in [0.5, 0.6) is 0 Å². The van der Waals surface area contributed by atoms with Gasteiger partial charge in [-0.3, -0.25) is 4.79 Å². The first kappa shape index (κ1) is 11.2. The largest absolute Gasteiger partial charge is 0.456 e. The van der Waals surface area contributed by atoms with Crippen LogP contribution in [-0.4, -0.2) is 37.5 Å². The summed E-state index contributed by atoms with van der Waals surface area (Å²) in [6, 6.07) is 3.58. The number of carbonyl (C=O) groups excluding carboxylic acids is 1. The lowest BCUT2D eigenvalue weighted by molar-refractivity contribution is 0.0754. The third kappa shape index (κ3) is 2.27. The van der Waals surface area contributed by atoms with Gasteiger partial charge in [0.2, 0.25) is 0 Å². The molecule has 1 unspecified atom stereocenters. The molecule has 2 heterocycles. The molecule has 0 saturated carbocycles. The zero-order chi connectivity index (χ0) is 11.5. The minimum atomic E-state index is 0.0201. The lowest BCUT2D eigenvalue weighted by Gasteiger charge is -2.14. The maximum Gasteiger partial charge on any atom is 0.289 e. The van der Waals surface area contributed by atoms with E-state index < -0.39 is 0 Å². The fourth-order valence-electron chi connectivity index (χ4n) is 2.18. The van der Waals surface area contributed by atoms with Crippen LogP contribution < -0.4 is 5.32 Å². The molecule has 88 valence electrons. The van der Waals surface area contributed by atoms with E-state index in [0.29, 0.717) is 11.7 Å². The lowest BCUT2D eigenvalue weighted by Crippen LogP contribution is -2.30. The maximum atomic E-state index is 12.0. The van der Waals surface area contributed by atoms with Gasteiger partial charge in [-0.2, -0.15) is 0 Å². The van der Waals surface area contributed by atoms with Crippen molar-refractivity contribution in [3.8, 4) is 0 Å². The summed E-state index contributed by atoms with van der Waals surface area (Å²) < 4.78 is 5.35. The molecule has 0 aromatic carbocycles. The molecule has 1 aliphatic heterocycles. The van der Waals surface area contributed by atoms with Crippen molar-refractivity contribution in [2.45, 2.75) is 13.3 Å². The Bertz CT molecular complexity index is 373. The minimum Gasteiger partial charge on any atom is -0.456 e. The van der Waals surface area contributed by atoms with E-state index in [1.165, 1.54) is 0 Å². The molecule has 1 amide bonds. The number of amides is 1. The topological polar surface area (TPSA) is 45.5 Å². The van der Waals surface area contributed by atoms with Crippen molar-refractivity contribution in [1.82, 2.24) is 10.2 Å². The molecule has 0 spiro atoms. The van der Waals surface area contributed by atoms with Crippen LogP contribution in [-0.2, 0) is 0 Å². The van der Waals surface area contributed by atoms with Gasteiger partial charge in [0.15, 0.2) is 5.76 Å². The highest BCUT2D eigenvalue weighted by Crippen LogP contribution is 2.19. The molecular formula is C12H18N2O2. The summed E-state index contributed by atoms with van der Waals surface area (Å²) in [5.74, 6) is 1.84. The Kier molecular flexibility index (Phi) is 3.29. The summed E-state index contributed by atoms with van der Waals surface area (Å²) in [4.78, 5) is 13.9. The smallest absolute Gasteiger partial charge is 0.289 e. The van der Waals surface area contributed by atoms with Gasteiger partial charge in [-0.05, 0) is 45.0 Å². The van der Waals surface area contributed by atoms with E-state index in [0.717, 1.165) is 31.8 Å². The Hall–Kier alpha value is -1.29. The van der Waals surface area contributed by atoms with Gasteiger partial charge in [-0.1, -0.05) is 0 Å². The highest BCUT2D eigenvalue weighted by Gasteiger charge is 2.27. The van der Waals surface area contributed by atoms with Gasteiger partial charge in [0.25, 0.3) is 5.91 Å². The molecule has 4 heteroatoms. The predicted octanol–water partition coefficient (Wildman–Crippen LogP) is 1.27. The number of rotatable bonds is 3. The van der Waals surface area contributed by atoms with E-state index >= 15 is 0 Å². The van der Waals surface area contributed by atoms with Crippen LogP contribution in [0.15, 0.2) is 16.5 Å². The number of carbonyl (C=O) groups is 1. The Balaban J connectivity index is 1.97. The molecular weight excluding hydrogens is 204 g/mol. The Morgan fingerprint density at radius 2 is 2.44 bits per heavy atom. The predicted molar refractivity (Wildman–Crippen MR) is 61.4 cm³/mol. The number of nitrogens with one attached hydrogen (secondary N) is 1. The molecule has 1 atom stereocenters. The van der Waals surface area contributed by atoms with Gasteiger partial charge in [-0.25, -0.2) is 0 Å². The maximum absolute atomic E-state index is 12.0. The first-order valence-corrected chi connectivity index (χ1v) is 5.71. The average molecular weight is 222 g/mol. The van der Waals surface area contributed by atoms with Gasteiger partial charge < -0.3 is 14.6 Å². The van der Waals surface area contributed by atoms with Crippen molar-refractivity contribution in [3.05, 3.63) is 23.7 Å². The number of furan rings is 1. The molecule has 16 heavy (non-hydrogen) atoms. The Morgan fingerprint density at radius 1 is 1.62 bits per heavy atom. The third-order valence-corrected chi connectivity index (χ3v) is 3.02. The van der Waals surface area contributed by atoms with Crippen molar-refractivity contribution in [2.75, 3.05) is 26.7 Å². The van der Waals surface area contributed by atoms with Crippen molar-refractivity contribution in [1.29, 1.82) is 0 Å². The summed E-state index contributed by atoms with van der Waals surface area (Å²) in [6.07, 6.45) is 1.08. The number of likely N-dealkylation sites (tertiary alicyclic amines) is 1. The first-order valence-electron chi connectivity index (χ1n) is 5.71. The molecule has 4 nitrogen and oxygen atoms in total. The highest BCUT2D eigenvalue weighted by molar-refractivity contribution is 5.91. The van der Waals surface area contributed by atoms with Gasteiger partial charge in [-0.15, -0.1) is 0 Å². The van der Waals surface area contributed by atoms with Gasteiger partial charge in [0, 0.05) is 13.1 Å². The molecule has 0 radical (unpaired) electrons. The van der Waals surface area contributed by atoms with Crippen LogP contribution in [0.1, 0.15) is 22.7 Å². The van der Waals surface area contributed by atoms with Crippen molar-refractivity contribution in [2.24, 2.45) is 5.92 Å². The van der Waals surface area contributed by atoms with Crippen LogP contribution in [0.3, 0.4) is 0 Å². The van der Waals surface area contributed by atoms with Crippen molar-refractivity contribution >= 4 is 5.91 Å². The normalized spacial score (nSPS) is 20.4. The second-order valence-corrected chi connectivity index (χ2v) is 4.37. The number of nitrogens with zero attached hydrogens (tertiary/aromatic N) is 1. The van der Waals surface area contributed by atoms with E-state index in [2.05, 4.69) is 5.32 Å². The molecule has 1 N–H and O–H groups in total. The van der Waals surface area contributed by atoms with E-state index in [-0.39, 0.29) is 5.91 Å². The molecule has 2 rings (SSSR count). The highest BCUT2D eigenvalue weighted by atomic mass is 16.3. The van der Waals surface area contributed by atoms with E-state index in [1.54, 1.807) is 6.07 Å². The molecule has 1 aromatic heterocycles. The van der Waals surface area contributed by atoms with Crippen molar-refractivity contribution < 1.29 is 9.21 Å². The summed E-state index contributed by atoms with van der Waals surface area (Å²) in [5, 5.41) is 3.15. The molecule has 1 saturated heterocycles. The van der Waals surface area contributed by atoms with E-state index in [1.807, 2.05) is 24.9 Å². The number of hydrogen-bond acceptors (Lipinski definition) is 3. The fourth-order valence-corrected chi connectivity index (χ4v) is 2.18. The summed E-state index contributed by atoms with van der Waals surface area (Å²) in [7, 11) is 1.94. The Labute approximate surface area is 95.6 Å². The average Bonchev–Trinajstić information content (AvgIpc) is 2.87. The molecule has 1 aliphatic rings. The van der Waals surface area contributed by atoms with Gasteiger partial charge in [0.05, 0.1) is 0 Å².